The van der Waals surface area contributed by atoms with Crippen LogP contribution in [0.4, 0.5) is 0 Å². The van der Waals surface area contributed by atoms with Gasteiger partial charge in [0.2, 0.25) is 0 Å². The fourth-order valence-corrected chi connectivity index (χ4v) is 4.11. The lowest BCUT2D eigenvalue weighted by atomic mass is 10.1. The zero-order valence-electron chi connectivity index (χ0n) is 13.2. The summed E-state index contributed by atoms with van der Waals surface area (Å²) in [5.41, 5.74) is 0. The number of hydrogen-bond acceptors (Lipinski definition) is 5. The Balaban J connectivity index is 1.36. The van der Waals surface area contributed by atoms with E-state index in [-0.39, 0.29) is 0 Å². The molecule has 0 saturated carbocycles. The molecule has 4 heterocycles. The normalized spacial score (nSPS) is 32.0. The van der Waals surface area contributed by atoms with Crippen LogP contribution in [0.2, 0.25) is 0 Å². The van der Waals surface area contributed by atoms with Gasteiger partial charge in [0.25, 0.3) is 0 Å². The summed E-state index contributed by atoms with van der Waals surface area (Å²) in [6.45, 7) is 7.97. The highest BCUT2D eigenvalue weighted by Crippen LogP contribution is 2.28. The van der Waals surface area contributed by atoms with Crippen LogP contribution >= 0.6 is 0 Å². The van der Waals surface area contributed by atoms with E-state index < -0.39 is 0 Å². The van der Waals surface area contributed by atoms with Crippen LogP contribution in [0, 0.1) is 5.92 Å². The lowest BCUT2D eigenvalue weighted by Crippen LogP contribution is -2.39. The fourth-order valence-electron chi connectivity index (χ4n) is 4.11. The Morgan fingerprint density at radius 1 is 1.09 bits per heavy atom. The Kier molecular flexibility index (Phi) is 4.48. The molecular weight excluding hydrogens is 280 g/mol. The topological polar surface area (TPSA) is 38.1 Å². The molecule has 5 heteroatoms. The molecule has 1 aromatic heterocycles. The largest absolute Gasteiger partial charge is 0.468 e. The van der Waals surface area contributed by atoms with Crippen LogP contribution in [0.5, 0.6) is 0 Å². The number of likely N-dealkylation sites (tertiary alicyclic amines) is 1. The SMILES string of the molecule is c1coc(CN2CCO[C@@H]3CN(C4CCOCC4)C[C@@H]3C2)c1. The van der Waals surface area contributed by atoms with Crippen molar-refractivity contribution < 1.29 is 13.9 Å². The van der Waals surface area contributed by atoms with Crippen LogP contribution in [0.1, 0.15) is 18.6 Å². The van der Waals surface area contributed by atoms with Crippen LogP contribution in [-0.4, -0.2) is 67.9 Å². The van der Waals surface area contributed by atoms with E-state index in [1.807, 2.05) is 6.07 Å². The maximum Gasteiger partial charge on any atom is 0.117 e. The predicted molar refractivity (Wildman–Crippen MR) is 82.6 cm³/mol. The van der Waals surface area contributed by atoms with Crippen molar-refractivity contribution in [2.75, 3.05) is 46.0 Å². The molecule has 0 spiro atoms. The molecule has 4 rings (SSSR count). The van der Waals surface area contributed by atoms with Gasteiger partial charge in [-0.3, -0.25) is 9.80 Å². The Morgan fingerprint density at radius 2 is 2.00 bits per heavy atom. The lowest BCUT2D eigenvalue weighted by molar-refractivity contribution is 0.0242. The highest BCUT2D eigenvalue weighted by atomic mass is 16.5. The van der Waals surface area contributed by atoms with Gasteiger partial charge in [0, 0.05) is 51.4 Å². The molecule has 5 nitrogen and oxygen atoms in total. The number of fused-ring (bicyclic) bond motifs is 1. The summed E-state index contributed by atoms with van der Waals surface area (Å²) in [6.07, 6.45) is 4.52. The molecule has 3 aliphatic rings. The van der Waals surface area contributed by atoms with E-state index in [0.29, 0.717) is 18.1 Å². The smallest absolute Gasteiger partial charge is 0.117 e. The van der Waals surface area contributed by atoms with Gasteiger partial charge in [-0.05, 0) is 25.0 Å². The van der Waals surface area contributed by atoms with Crippen LogP contribution in [-0.2, 0) is 16.0 Å². The van der Waals surface area contributed by atoms with Gasteiger partial charge in [-0.25, -0.2) is 0 Å². The van der Waals surface area contributed by atoms with Crippen LogP contribution < -0.4 is 0 Å². The summed E-state index contributed by atoms with van der Waals surface area (Å²) < 4.78 is 17.1. The number of rotatable bonds is 3. The lowest BCUT2D eigenvalue weighted by Gasteiger charge is -2.31. The Labute approximate surface area is 132 Å². The Hall–Kier alpha value is -0.880. The van der Waals surface area contributed by atoms with Crippen molar-refractivity contribution in [3.05, 3.63) is 24.2 Å². The van der Waals surface area contributed by atoms with Crippen LogP contribution in [0.3, 0.4) is 0 Å². The number of hydrogen-bond donors (Lipinski definition) is 0. The second-order valence-corrected chi connectivity index (χ2v) is 6.78. The van der Waals surface area contributed by atoms with E-state index in [1.54, 1.807) is 6.26 Å². The molecule has 0 unspecified atom stereocenters. The molecule has 122 valence electrons. The number of furan rings is 1. The van der Waals surface area contributed by atoms with Crippen molar-refractivity contribution >= 4 is 0 Å². The molecular formula is C17H26N2O3. The summed E-state index contributed by atoms with van der Waals surface area (Å²) in [5, 5.41) is 0. The molecule has 0 N–H and O–H groups in total. The predicted octanol–water partition coefficient (Wildman–Crippen LogP) is 1.59. The monoisotopic (exact) mass is 306 g/mol. The van der Waals surface area contributed by atoms with E-state index in [1.165, 1.54) is 19.4 Å². The van der Waals surface area contributed by atoms with Gasteiger partial charge < -0.3 is 13.9 Å². The third-order valence-corrected chi connectivity index (χ3v) is 5.31. The maximum absolute atomic E-state index is 6.15. The van der Waals surface area contributed by atoms with Gasteiger partial charge in [-0.2, -0.15) is 0 Å². The second-order valence-electron chi connectivity index (χ2n) is 6.78. The highest BCUT2D eigenvalue weighted by molar-refractivity contribution is 4.99. The third kappa shape index (κ3) is 3.23. The summed E-state index contributed by atoms with van der Waals surface area (Å²) in [4.78, 5) is 5.13. The minimum Gasteiger partial charge on any atom is -0.468 e. The molecule has 0 aliphatic carbocycles. The minimum atomic E-state index is 0.407. The first-order valence-electron chi connectivity index (χ1n) is 8.56. The molecule has 0 amide bonds. The van der Waals surface area contributed by atoms with Crippen molar-refractivity contribution in [1.29, 1.82) is 0 Å². The molecule has 3 aliphatic heterocycles. The van der Waals surface area contributed by atoms with E-state index >= 15 is 0 Å². The molecule has 2 atom stereocenters. The van der Waals surface area contributed by atoms with Crippen molar-refractivity contribution in [3.8, 4) is 0 Å². The van der Waals surface area contributed by atoms with Crippen molar-refractivity contribution in [2.24, 2.45) is 5.92 Å². The third-order valence-electron chi connectivity index (χ3n) is 5.31. The van der Waals surface area contributed by atoms with E-state index in [9.17, 15) is 0 Å². The van der Waals surface area contributed by atoms with Gasteiger partial charge in [0.05, 0.1) is 25.5 Å². The van der Waals surface area contributed by atoms with Gasteiger partial charge in [0.15, 0.2) is 0 Å². The fraction of sp³-hybridized carbons (Fsp3) is 0.765. The second kappa shape index (κ2) is 6.71. The van der Waals surface area contributed by atoms with E-state index in [2.05, 4.69) is 15.9 Å². The maximum atomic E-state index is 6.15. The zero-order valence-corrected chi connectivity index (χ0v) is 13.2. The van der Waals surface area contributed by atoms with E-state index in [0.717, 1.165) is 51.8 Å². The standard InChI is InChI=1S/C17H26N2O3/c1-2-16(21-6-1)12-18-5-9-22-17-13-19(11-14(17)10-18)15-3-7-20-8-4-15/h1-2,6,14-15,17H,3-5,7-13H2/t14-,17+/m0/s1. The molecule has 3 saturated heterocycles. The molecule has 0 aromatic carbocycles. The quantitative estimate of drug-likeness (QED) is 0.848. The molecule has 1 aromatic rings. The van der Waals surface area contributed by atoms with Crippen LogP contribution in [0.15, 0.2) is 22.8 Å². The van der Waals surface area contributed by atoms with Gasteiger partial charge in [0.1, 0.15) is 5.76 Å². The van der Waals surface area contributed by atoms with Crippen molar-refractivity contribution in [1.82, 2.24) is 9.80 Å². The molecule has 22 heavy (non-hydrogen) atoms. The first kappa shape index (κ1) is 14.7. The minimum absolute atomic E-state index is 0.407. The van der Waals surface area contributed by atoms with E-state index in [4.69, 9.17) is 13.9 Å². The summed E-state index contributed by atoms with van der Waals surface area (Å²) in [7, 11) is 0. The van der Waals surface area contributed by atoms with Gasteiger partial charge >= 0.3 is 0 Å². The number of ether oxygens (including phenoxy) is 2. The summed E-state index contributed by atoms with van der Waals surface area (Å²) in [5.74, 6) is 1.68. The van der Waals surface area contributed by atoms with Crippen molar-refractivity contribution in [2.45, 2.75) is 31.5 Å². The number of nitrogens with zero attached hydrogens (tertiary/aromatic N) is 2. The molecule has 0 bridgehead atoms. The Morgan fingerprint density at radius 3 is 2.82 bits per heavy atom. The average molecular weight is 306 g/mol. The van der Waals surface area contributed by atoms with Gasteiger partial charge in [-0.1, -0.05) is 0 Å². The van der Waals surface area contributed by atoms with Gasteiger partial charge in [-0.15, -0.1) is 0 Å². The first-order valence-corrected chi connectivity index (χ1v) is 8.56. The Bertz CT molecular complexity index is 458. The highest BCUT2D eigenvalue weighted by Gasteiger charge is 2.39. The van der Waals surface area contributed by atoms with Crippen LogP contribution in [0.25, 0.3) is 0 Å². The zero-order chi connectivity index (χ0) is 14.8. The van der Waals surface area contributed by atoms with Crippen molar-refractivity contribution in [3.63, 3.8) is 0 Å². The summed E-state index contributed by atoms with van der Waals surface area (Å²) >= 11 is 0. The molecule has 3 fully saturated rings. The average Bonchev–Trinajstić information content (AvgIpc) is 3.15. The summed E-state index contributed by atoms with van der Waals surface area (Å²) in [6, 6.07) is 4.73. The first-order chi connectivity index (χ1) is 10.9. The molecule has 0 radical (unpaired) electrons.